The van der Waals surface area contributed by atoms with Gasteiger partial charge in [0.2, 0.25) is 5.91 Å². The highest BCUT2D eigenvalue weighted by Crippen LogP contribution is 2.23. The number of amides is 2. The van der Waals surface area contributed by atoms with E-state index < -0.39 is 30.1 Å². The Hall–Kier alpha value is -3.52. The number of ether oxygens (including phenoxy) is 2. The molecule has 2 amide bonds. The number of carbonyl (C=O) groups is 3. The van der Waals surface area contributed by atoms with Crippen molar-refractivity contribution < 1.29 is 23.9 Å². The Bertz CT molecular complexity index is 1200. The Morgan fingerprint density at radius 2 is 1.55 bits per heavy atom. The third kappa shape index (κ3) is 9.10. The van der Waals surface area contributed by atoms with Crippen LogP contribution in [0.4, 0.5) is 4.79 Å². The molecule has 0 aliphatic heterocycles. The van der Waals surface area contributed by atoms with E-state index in [-0.39, 0.29) is 19.1 Å². The minimum atomic E-state index is -0.849. The maximum Gasteiger partial charge on any atom is 0.408 e. The van der Waals surface area contributed by atoms with Gasteiger partial charge in [-0.1, -0.05) is 86.6 Å². The van der Waals surface area contributed by atoms with E-state index in [1.54, 1.807) is 18.7 Å². The van der Waals surface area contributed by atoms with E-state index in [0.29, 0.717) is 17.9 Å². The van der Waals surface area contributed by atoms with Crippen LogP contribution in [0, 0.1) is 5.92 Å². The number of rotatable bonds is 13. The Labute approximate surface area is 228 Å². The topological polar surface area (TPSA) is 93.7 Å². The number of nitrogens with one attached hydrogen (secondary N) is 2. The number of hydrogen-bond acceptors (Lipinski definition) is 6. The largest absolute Gasteiger partial charge is 0.464 e. The quantitative estimate of drug-likeness (QED) is 0.282. The minimum Gasteiger partial charge on any atom is -0.464 e. The second-order valence-corrected chi connectivity index (χ2v) is 10.4. The van der Waals surface area contributed by atoms with Gasteiger partial charge in [0, 0.05) is 11.5 Å². The number of fused-ring (bicyclic) bond motifs is 1. The summed E-state index contributed by atoms with van der Waals surface area (Å²) < 4.78 is 10.5. The van der Waals surface area contributed by atoms with Gasteiger partial charge in [-0.2, -0.15) is 11.8 Å². The molecule has 3 rings (SSSR count). The van der Waals surface area contributed by atoms with Crippen molar-refractivity contribution in [1.82, 2.24) is 10.6 Å². The Kier molecular flexibility index (Phi) is 11.5. The van der Waals surface area contributed by atoms with Gasteiger partial charge in [-0.25, -0.2) is 9.59 Å². The first kappa shape index (κ1) is 29.0. The van der Waals surface area contributed by atoms with Crippen molar-refractivity contribution in [1.29, 1.82) is 0 Å². The van der Waals surface area contributed by atoms with Crippen molar-refractivity contribution in [3.8, 4) is 0 Å². The molecule has 0 bridgehead atoms. The molecular weight excluding hydrogens is 500 g/mol. The first-order valence-electron chi connectivity index (χ1n) is 12.9. The van der Waals surface area contributed by atoms with Crippen molar-refractivity contribution in [2.45, 2.75) is 51.6 Å². The van der Waals surface area contributed by atoms with Gasteiger partial charge in [0.1, 0.15) is 18.7 Å². The fraction of sp³-hybridized carbons (Fsp3) is 0.367. The molecule has 2 atom stereocenters. The molecule has 0 radical (unpaired) electrons. The standard InChI is InChI=1S/C30H36N2O5S/c1-4-36-29(34)27(20-38-19-24-15-10-14-23-13-8-9-16-25(23)24)31-28(33)26(17-21(2)3)32-30(35)37-18-22-11-6-5-7-12-22/h5-16,21,26-27H,4,17-20H2,1-3H3,(H,31,33)(H,32,35)/t26-,27-/m0/s1. The van der Waals surface area contributed by atoms with Gasteiger partial charge in [-0.05, 0) is 41.2 Å². The predicted octanol–water partition coefficient (Wildman–Crippen LogP) is 5.46. The molecule has 8 heteroatoms. The molecule has 0 spiro atoms. The lowest BCUT2D eigenvalue weighted by molar-refractivity contribution is -0.146. The molecule has 38 heavy (non-hydrogen) atoms. The summed E-state index contributed by atoms with van der Waals surface area (Å²) in [5.41, 5.74) is 2.00. The molecule has 7 nitrogen and oxygen atoms in total. The summed E-state index contributed by atoms with van der Waals surface area (Å²) in [6, 6.07) is 21.9. The maximum atomic E-state index is 13.2. The van der Waals surface area contributed by atoms with Gasteiger partial charge in [-0.15, -0.1) is 0 Å². The van der Waals surface area contributed by atoms with Crippen molar-refractivity contribution in [2.75, 3.05) is 12.4 Å². The van der Waals surface area contributed by atoms with Gasteiger partial charge >= 0.3 is 12.1 Å². The Balaban J connectivity index is 1.62. The van der Waals surface area contributed by atoms with Crippen molar-refractivity contribution >= 4 is 40.5 Å². The van der Waals surface area contributed by atoms with Crippen LogP contribution < -0.4 is 10.6 Å². The number of carbonyl (C=O) groups excluding carboxylic acids is 3. The highest BCUT2D eigenvalue weighted by Gasteiger charge is 2.28. The van der Waals surface area contributed by atoms with Gasteiger partial charge in [0.15, 0.2) is 0 Å². The molecule has 0 aliphatic rings. The van der Waals surface area contributed by atoms with Crippen LogP contribution in [0.1, 0.15) is 38.3 Å². The number of hydrogen-bond donors (Lipinski definition) is 2. The first-order chi connectivity index (χ1) is 18.4. The van der Waals surface area contributed by atoms with E-state index in [1.807, 2.05) is 62.4 Å². The fourth-order valence-electron chi connectivity index (χ4n) is 4.00. The Morgan fingerprint density at radius 1 is 0.842 bits per heavy atom. The van der Waals surface area contributed by atoms with Crippen LogP contribution in [0.3, 0.4) is 0 Å². The van der Waals surface area contributed by atoms with E-state index in [9.17, 15) is 14.4 Å². The highest BCUT2D eigenvalue weighted by atomic mass is 32.2. The average Bonchev–Trinajstić information content (AvgIpc) is 2.91. The lowest BCUT2D eigenvalue weighted by atomic mass is 10.0. The average molecular weight is 537 g/mol. The molecule has 0 saturated heterocycles. The van der Waals surface area contributed by atoms with Gasteiger partial charge in [0.25, 0.3) is 0 Å². The predicted molar refractivity (Wildman–Crippen MR) is 152 cm³/mol. The summed E-state index contributed by atoms with van der Waals surface area (Å²) in [6.07, 6.45) is -0.294. The number of thioether (sulfide) groups is 1. The molecule has 0 heterocycles. The zero-order chi connectivity index (χ0) is 27.3. The monoisotopic (exact) mass is 536 g/mol. The normalized spacial score (nSPS) is 12.5. The smallest absolute Gasteiger partial charge is 0.408 e. The Morgan fingerprint density at radius 3 is 2.29 bits per heavy atom. The lowest BCUT2D eigenvalue weighted by Crippen LogP contribution is -2.53. The van der Waals surface area contributed by atoms with Gasteiger partial charge in [0.05, 0.1) is 6.61 Å². The zero-order valence-corrected chi connectivity index (χ0v) is 23.0. The molecule has 0 saturated carbocycles. The first-order valence-corrected chi connectivity index (χ1v) is 14.0. The second-order valence-electron chi connectivity index (χ2n) is 9.35. The molecule has 0 aliphatic carbocycles. The molecule has 3 aromatic carbocycles. The lowest BCUT2D eigenvalue weighted by Gasteiger charge is -2.23. The molecule has 0 unspecified atom stereocenters. The van der Waals surface area contributed by atoms with Crippen molar-refractivity contribution in [3.05, 3.63) is 83.9 Å². The van der Waals surface area contributed by atoms with Crippen molar-refractivity contribution in [2.24, 2.45) is 5.92 Å². The van der Waals surface area contributed by atoms with E-state index in [2.05, 4.69) is 34.9 Å². The van der Waals surface area contributed by atoms with Crippen LogP contribution in [0.2, 0.25) is 0 Å². The maximum absolute atomic E-state index is 13.2. The molecule has 202 valence electrons. The number of alkyl carbamates (subject to hydrolysis) is 1. The van der Waals surface area contributed by atoms with Crippen LogP contribution in [0.25, 0.3) is 10.8 Å². The van der Waals surface area contributed by atoms with E-state index >= 15 is 0 Å². The van der Waals surface area contributed by atoms with Crippen molar-refractivity contribution in [3.63, 3.8) is 0 Å². The summed E-state index contributed by atoms with van der Waals surface area (Å²) in [7, 11) is 0. The van der Waals surface area contributed by atoms with E-state index in [4.69, 9.17) is 9.47 Å². The molecule has 0 aromatic heterocycles. The third-order valence-electron chi connectivity index (χ3n) is 5.84. The summed E-state index contributed by atoms with van der Waals surface area (Å²) in [6.45, 7) is 5.95. The number of esters is 1. The van der Waals surface area contributed by atoms with Crippen LogP contribution >= 0.6 is 11.8 Å². The summed E-state index contributed by atoms with van der Waals surface area (Å²) >= 11 is 1.54. The summed E-state index contributed by atoms with van der Waals surface area (Å²) in [5.74, 6) is 0.190. The van der Waals surface area contributed by atoms with Gasteiger partial charge < -0.3 is 20.1 Å². The van der Waals surface area contributed by atoms with Crippen LogP contribution in [0.15, 0.2) is 72.8 Å². The molecule has 0 fully saturated rings. The third-order valence-corrected chi connectivity index (χ3v) is 6.92. The molecule has 2 N–H and O–H groups in total. The van der Waals surface area contributed by atoms with Gasteiger partial charge in [-0.3, -0.25) is 4.79 Å². The van der Waals surface area contributed by atoms with Crippen LogP contribution in [0.5, 0.6) is 0 Å². The van der Waals surface area contributed by atoms with E-state index in [0.717, 1.165) is 21.9 Å². The van der Waals surface area contributed by atoms with Crippen LogP contribution in [-0.4, -0.2) is 42.4 Å². The molecule has 3 aromatic rings. The van der Waals surface area contributed by atoms with E-state index in [1.165, 1.54) is 0 Å². The highest BCUT2D eigenvalue weighted by molar-refractivity contribution is 7.98. The summed E-state index contributed by atoms with van der Waals surface area (Å²) in [5, 5.41) is 7.79. The zero-order valence-electron chi connectivity index (χ0n) is 22.1. The summed E-state index contributed by atoms with van der Waals surface area (Å²) in [4.78, 5) is 38.4. The number of benzene rings is 3. The second kappa shape index (κ2) is 15.0. The van der Waals surface area contributed by atoms with Crippen LogP contribution in [-0.2, 0) is 31.4 Å². The molecular formula is C30H36N2O5S. The fourth-order valence-corrected chi connectivity index (χ4v) is 5.04. The minimum absolute atomic E-state index is 0.0962. The SMILES string of the molecule is CCOC(=O)[C@H](CSCc1cccc2ccccc12)NC(=O)[C@H](CC(C)C)NC(=O)OCc1ccccc1.